The van der Waals surface area contributed by atoms with Gasteiger partial charge in [0.2, 0.25) is 0 Å². The van der Waals surface area contributed by atoms with Crippen LogP contribution in [0.3, 0.4) is 0 Å². The normalized spacial score (nSPS) is 14.1. The van der Waals surface area contributed by atoms with Gasteiger partial charge in [0.15, 0.2) is 10.3 Å². The first-order valence-corrected chi connectivity index (χ1v) is 9.22. The number of hydrogen-bond donors (Lipinski definition) is 1. The van der Waals surface area contributed by atoms with Gasteiger partial charge in [0.1, 0.15) is 4.60 Å². The standard InChI is InChI=1S/C17H14Br2N4O/c1-9-6-10(2-5-12(9)17(24)21-11-3-4-11)13-7-20-16-15(19)22-14(18)8-23(13)16/h2,5-8,11H,3-4H2,1H3,(H,21,24). The Morgan fingerprint density at radius 2 is 2.12 bits per heavy atom. The summed E-state index contributed by atoms with van der Waals surface area (Å²) in [5.74, 6) is 0.00869. The lowest BCUT2D eigenvalue weighted by atomic mass is 10.0. The molecule has 7 heteroatoms. The van der Waals surface area contributed by atoms with Gasteiger partial charge in [0.25, 0.3) is 5.91 Å². The third-order valence-corrected chi connectivity index (χ3v) is 5.02. The first kappa shape index (κ1) is 15.8. The number of benzene rings is 1. The van der Waals surface area contributed by atoms with Gasteiger partial charge in [-0.2, -0.15) is 0 Å². The maximum absolute atomic E-state index is 12.3. The van der Waals surface area contributed by atoms with Gasteiger partial charge < -0.3 is 5.32 Å². The molecule has 0 saturated heterocycles. The quantitative estimate of drug-likeness (QED) is 0.654. The van der Waals surface area contributed by atoms with Crippen molar-refractivity contribution in [2.75, 3.05) is 0 Å². The monoisotopic (exact) mass is 448 g/mol. The predicted molar refractivity (Wildman–Crippen MR) is 99.0 cm³/mol. The summed E-state index contributed by atoms with van der Waals surface area (Å²) in [4.78, 5) is 21.0. The average molecular weight is 450 g/mol. The van der Waals surface area contributed by atoms with Crippen LogP contribution in [0.2, 0.25) is 0 Å². The molecular weight excluding hydrogens is 436 g/mol. The summed E-state index contributed by atoms with van der Waals surface area (Å²) in [6, 6.07) is 6.22. The van der Waals surface area contributed by atoms with E-state index in [4.69, 9.17) is 0 Å². The van der Waals surface area contributed by atoms with Crippen LogP contribution in [0.1, 0.15) is 28.8 Å². The Hall–Kier alpha value is -1.73. The molecule has 0 atom stereocenters. The lowest BCUT2D eigenvalue weighted by Gasteiger charge is -2.09. The van der Waals surface area contributed by atoms with E-state index in [0.717, 1.165) is 45.5 Å². The van der Waals surface area contributed by atoms with Crippen LogP contribution < -0.4 is 5.32 Å². The van der Waals surface area contributed by atoms with Gasteiger partial charge in [0.05, 0.1) is 11.9 Å². The van der Waals surface area contributed by atoms with Crippen LogP contribution in [0.15, 0.2) is 39.8 Å². The number of aromatic nitrogens is 3. The zero-order valence-electron chi connectivity index (χ0n) is 12.9. The molecule has 1 fully saturated rings. The second-order valence-electron chi connectivity index (χ2n) is 5.97. The van der Waals surface area contributed by atoms with Gasteiger partial charge in [-0.15, -0.1) is 0 Å². The molecular formula is C17H14Br2N4O. The molecule has 0 spiro atoms. The fraction of sp³-hybridized carbons (Fsp3) is 0.235. The van der Waals surface area contributed by atoms with Crippen molar-refractivity contribution in [2.45, 2.75) is 25.8 Å². The number of hydrogen-bond acceptors (Lipinski definition) is 3. The van der Waals surface area contributed by atoms with E-state index in [-0.39, 0.29) is 5.91 Å². The molecule has 0 radical (unpaired) electrons. The molecule has 122 valence electrons. The fourth-order valence-corrected chi connectivity index (χ4v) is 3.81. The third kappa shape index (κ3) is 2.86. The van der Waals surface area contributed by atoms with Crippen LogP contribution in [0.25, 0.3) is 16.9 Å². The Kier molecular flexibility index (Phi) is 3.92. The van der Waals surface area contributed by atoms with Crippen LogP contribution in [0, 0.1) is 6.92 Å². The molecule has 24 heavy (non-hydrogen) atoms. The van der Waals surface area contributed by atoms with Gasteiger partial charge in [0, 0.05) is 23.4 Å². The highest BCUT2D eigenvalue weighted by Crippen LogP contribution is 2.27. The number of fused-ring (bicyclic) bond motifs is 1. The van der Waals surface area contributed by atoms with Crippen LogP contribution in [-0.4, -0.2) is 26.3 Å². The summed E-state index contributed by atoms with van der Waals surface area (Å²) < 4.78 is 3.37. The van der Waals surface area contributed by atoms with Gasteiger partial charge in [-0.3, -0.25) is 9.20 Å². The molecule has 0 bridgehead atoms. The number of imidazole rings is 1. The van der Waals surface area contributed by atoms with Crippen LogP contribution in [0.5, 0.6) is 0 Å². The van der Waals surface area contributed by atoms with Crippen molar-refractivity contribution in [1.82, 2.24) is 19.7 Å². The highest BCUT2D eigenvalue weighted by Gasteiger charge is 2.24. The summed E-state index contributed by atoms with van der Waals surface area (Å²) in [5, 5.41) is 3.03. The summed E-state index contributed by atoms with van der Waals surface area (Å²) in [5.41, 5.74) is 4.39. The Morgan fingerprint density at radius 1 is 1.33 bits per heavy atom. The lowest BCUT2D eigenvalue weighted by molar-refractivity contribution is 0.0950. The van der Waals surface area contributed by atoms with E-state index in [9.17, 15) is 4.79 Å². The number of carbonyl (C=O) groups excluding carboxylic acids is 1. The summed E-state index contributed by atoms with van der Waals surface area (Å²) in [6.07, 6.45) is 5.86. The number of nitrogens with one attached hydrogen (secondary N) is 1. The van der Waals surface area contributed by atoms with Crippen LogP contribution >= 0.6 is 31.9 Å². The molecule has 1 saturated carbocycles. The fourth-order valence-electron chi connectivity index (χ4n) is 2.71. The zero-order valence-corrected chi connectivity index (χ0v) is 16.1. The van der Waals surface area contributed by atoms with Gasteiger partial charge in [-0.05, 0) is 69.3 Å². The van der Waals surface area contributed by atoms with E-state index in [1.807, 2.05) is 41.9 Å². The first-order valence-electron chi connectivity index (χ1n) is 7.64. The molecule has 0 aliphatic heterocycles. The Balaban J connectivity index is 1.74. The molecule has 1 N–H and O–H groups in total. The topological polar surface area (TPSA) is 59.3 Å². The SMILES string of the molecule is Cc1cc(-c2cnc3c(Br)nc(Br)cn23)ccc1C(=O)NC1CC1. The maximum Gasteiger partial charge on any atom is 0.251 e. The lowest BCUT2D eigenvalue weighted by Crippen LogP contribution is -2.26. The Morgan fingerprint density at radius 3 is 2.83 bits per heavy atom. The molecule has 1 aromatic carbocycles. The van der Waals surface area contributed by atoms with Crippen molar-refractivity contribution in [3.63, 3.8) is 0 Å². The summed E-state index contributed by atoms with van der Waals surface area (Å²) in [6.45, 7) is 1.96. The summed E-state index contributed by atoms with van der Waals surface area (Å²) >= 11 is 6.84. The minimum Gasteiger partial charge on any atom is -0.349 e. The average Bonchev–Trinajstić information content (AvgIpc) is 3.23. The third-order valence-electron chi connectivity index (χ3n) is 4.10. The number of amides is 1. The van der Waals surface area contributed by atoms with Crippen LogP contribution in [-0.2, 0) is 0 Å². The van der Waals surface area contributed by atoms with E-state index < -0.39 is 0 Å². The molecule has 1 aliphatic rings. The summed E-state index contributed by atoms with van der Waals surface area (Å²) in [7, 11) is 0. The minimum atomic E-state index is 0.00869. The second-order valence-corrected chi connectivity index (χ2v) is 7.53. The number of carbonyl (C=O) groups is 1. The minimum absolute atomic E-state index is 0.00869. The Labute approximate surface area is 155 Å². The Bertz CT molecular complexity index is 963. The molecule has 3 aromatic rings. The van der Waals surface area contributed by atoms with Crippen molar-refractivity contribution >= 4 is 43.4 Å². The van der Waals surface area contributed by atoms with Gasteiger partial charge in [-0.25, -0.2) is 9.97 Å². The smallest absolute Gasteiger partial charge is 0.251 e. The van der Waals surface area contributed by atoms with Crippen molar-refractivity contribution in [2.24, 2.45) is 0 Å². The van der Waals surface area contributed by atoms with Crippen LogP contribution in [0.4, 0.5) is 0 Å². The molecule has 4 rings (SSSR count). The molecule has 5 nitrogen and oxygen atoms in total. The van der Waals surface area contributed by atoms with E-state index in [0.29, 0.717) is 10.6 Å². The number of rotatable bonds is 3. The molecule has 2 aromatic heterocycles. The molecule has 2 heterocycles. The van der Waals surface area contributed by atoms with Crippen molar-refractivity contribution < 1.29 is 4.79 Å². The van der Waals surface area contributed by atoms with Crippen molar-refractivity contribution in [3.05, 3.63) is 50.9 Å². The highest BCUT2D eigenvalue weighted by atomic mass is 79.9. The van der Waals surface area contributed by atoms with E-state index in [1.165, 1.54) is 0 Å². The molecule has 0 unspecified atom stereocenters. The van der Waals surface area contributed by atoms with Gasteiger partial charge in [-0.1, -0.05) is 6.07 Å². The second kappa shape index (κ2) is 5.97. The van der Waals surface area contributed by atoms with Crippen molar-refractivity contribution in [1.29, 1.82) is 0 Å². The maximum atomic E-state index is 12.3. The first-order chi connectivity index (χ1) is 11.5. The zero-order chi connectivity index (χ0) is 16.8. The van der Waals surface area contributed by atoms with E-state index in [1.54, 1.807) is 0 Å². The molecule has 1 amide bonds. The number of nitrogens with zero attached hydrogens (tertiary/aromatic N) is 3. The molecule has 1 aliphatic carbocycles. The van der Waals surface area contributed by atoms with Crippen molar-refractivity contribution in [3.8, 4) is 11.3 Å². The van der Waals surface area contributed by atoms with Gasteiger partial charge >= 0.3 is 0 Å². The number of aryl methyl sites for hydroxylation is 1. The predicted octanol–water partition coefficient (Wildman–Crippen LogP) is 4.12. The van der Waals surface area contributed by atoms with E-state index in [2.05, 4.69) is 47.1 Å². The van der Waals surface area contributed by atoms with E-state index >= 15 is 0 Å². The highest BCUT2D eigenvalue weighted by molar-refractivity contribution is 9.11. The number of halogens is 2. The largest absolute Gasteiger partial charge is 0.349 e.